The predicted octanol–water partition coefficient (Wildman–Crippen LogP) is 5.56. The van der Waals surface area contributed by atoms with Crippen molar-refractivity contribution in [3.63, 3.8) is 0 Å². The van der Waals surface area contributed by atoms with Crippen LogP contribution in [0.5, 0.6) is 5.75 Å². The summed E-state index contributed by atoms with van der Waals surface area (Å²) >= 11 is 0. The van der Waals surface area contributed by atoms with Gasteiger partial charge in [-0.05, 0) is 72.4 Å². The summed E-state index contributed by atoms with van der Waals surface area (Å²) in [5, 5.41) is 12.6. The molecule has 3 aromatic rings. The molecule has 2 saturated heterocycles. The number of aryl methyl sites for hydroxylation is 2. The van der Waals surface area contributed by atoms with Crippen LogP contribution in [0.1, 0.15) is 41.2 Å². The maximum absolute atomic E-state index is 11.9. The zero-order chi connectivity index (χ0) is 27.6. The van der Waals surface area contributed by atoms with E-state index in [1.165, 1.54) is 16.7 Å². The van der Waals surface area contributed by atoms with Crippen LogP contribution in [0.2, 0.25) is 0 Å². The third-order valence-electron chi connectivity index (χ3n) is 7.71. The number of ether oxygens (including phenoxy) is 2. The molecular weight excluding hydrogens is 514 g/mol. The Labute approximate surface area is 230 Å². The second kappa shape index (κ2) is 11.4. The van der Waals surface area contributed by atoms with Crippen molar-refractivity contribution < 1.29 is 27.8 Å². The second-order valence-electron chi connectivity index (χ2n) is 10.8. The lowest BCUT2D eigenvalue weighted by atomic mass is 9.89. The average molecular weight is 550 g/mol. The molecule has 8 heteroatoms. The summed E-state index contributed by atoms with van der Waals surface area (Å²) in [6.45, 7) is 5.60. The monoisotopic (exact) mass is 549 g/mol. The highest BCUT2D eigenvalue weighted by Gasteiger charge is 2.35. The zero-order valence-corrected chi connectivity index (χ0v) is 23.2. The summed E-state index contributed by atoms with van der Waals surface area (Å²) in [6.07, 6.45) is 0.571. The van der Waals surface area contributed by atoms with E-state index >= 15 is 0 Å². The average Bonchev–Trinajstić information content (AvgIpc) is 3.24. The summed E-state index contributed by atoms with van der Waals surface area (Å²) in [6, 6.07) is 20.4. The van der Waals surface area contributed by atoms with Crippen molar-refractivity contribution in [2.75, 3.05) is 30.0 Å². The standard InChI is InChI=1S/C31H35NO6S/c1-20-4-3-5-21(2)30(20)24-8-11-28(37-17-22-12-13-39(35,36)19-22)25(14-24)16-32-27-9-6-23(7-10-27)31-26(18-38-31)15-29(33)34/h3-11,14,22,26,31-32H,12-13,15-19H2,1-2H3,(H,33,34). The van der Waals surface area contributed by atoms with Gasteiger partial charge < -0.3 is 19.9 Å². The van der Waals surface area contributed by atoms with E-state index < -0.39 is 15.8 Å². The Morgan fingerprint density at radius 3 is 2.44 bits per heavy atom. The number of anilines is 1. The van der Waals surface area contributed by atoms with Gasteiger partial charge in [0.05, 0.1) is 37.2 Å². The van der Waals surface area contributed by atoms with Crippen molar-refractivity contribution in [1.82, 2.24) is 0 Å². The van der Waals surface area contributed by atoms with Crippen molar-refractivity contribution in [3.05, 3.63) is 82.9 Å². The number of nitrogens with one attached hydrogen (secondary N) is 1. The minimum absolute atomic E-state index is 0.00325. The summed E-state index contributed by atoms with van der Waals surface area (Å²) in [5.74, 6) is 0.384. The van der Waals surface area contributed by atoms with Gasteiger partial charge in [-0.15, -0.1) is 0 Å². The highest BCUT2D eigenvalue weighted by molar-refractivity contribution is 7.91. The lowest BCUT2D eigenvalue weighted by Crippen LogP contribution is -2.34. The van der Waals surface area contributed by atoms with Gasteiger partial charge in [0.15, 0.2) is 9.84 Å². The Morgan fingerprint density at radius 2 is 1.82 bits per heavy atom. The first-order valence-electron chi connectivity index (χ1n) is 13.4. The van der Waals surface area contributed by atoms with E-state index in [0.717, 1.165) is 28.1 Å². The van der Waals surface area contributed by atoms with Crippen LogP contribution in [-0.4, -0.2) is 44.2 Å². The Hall–Kier alpha value is -3.36. The van der Waals surface area contributed by atoms with E-state index in [1.807, 2.05) is 30.3 Å². The van der Waals surface area contributed by atoms with Gasteiger partial charge in [-0.1, -0.05) is 36.4 Å². The van der Waals surface area contributed by atoms with Gasteiger partial charge in [-0.25, -0.2) is 8.42 Å². The minimum Gasteiger partial charge on any atom is -0.493 e. The maximum Gasteiger partial charge on any atom is 0.303 e. The van der Waals surface area contributed by atoms with E-state index in [-0.39, 0.29) is 35.9 Å². The SMILES string of the molecule is Cc1cccc(C)c1-c1ccc(OCC2CCS(=O)(=O)C2)c(CNc2ccc(C3OCC3CC(=O)O)cc2)c1. The largest absolute Gasteiger partial charge is 0.493 e. The molecule has 0 radical (unpaired) electrons. The van der Waals surface area contributed by atoms with Crippen LogP contribution < -0.4 is 10.1 Å². The van der Waals surface area contributed by atoms with Crippen LogP contribution in [0.4, 0.5) is 5.69 Å². The fourth-order valence-electron chi connectivity index (χ4n) is 5.57. The van der Waals surface area contributed by atoms with Crippen molar-refractivity contribution >= 4 is 21.5 Å². The maximum atomic E-state index is 11.9. The summed E-state index contributed by atoms with van der Waals surface area (Å²) in [4.78, 5) is 11.1. The number of carboxylic acid groups (broad SMARTS) is 1. The van der Waals surface area contributed by atoms with Crippen molar-refractivity contribution in [3.8, 4) is 16.9 Å². The molecule has 0 amide bonds. The first-order chi connectivity index (χ1) is 18.7. The Balaban J connectivity index is 1.33. The molecule has 2 N–H and O–H groups in total. The zero-order valence-electron chi connectivity index (χ0n) is 22.4. The van der Waals surface area contributed by atoms with Crippen LogP contribution >= 0.6 is 0 Å². The summed E-state index contributed by atoms with van der Waals surface area (Å²) in [7, 11) is -2.96. The molecule has 2 heterocycles. The Bertz CT molecular complexity index is 1430. The van der Waals surface area contributed by atoms with Crippen LogP contribution in [0, 0.1) is 25.7 Å². The predicted molar refractivity (Wildman–Crippen MR) is 152 cm³/mol. The molecule has 0 bridgehead atoms. The first kappa shape index (κ1) is 27.2. The minimum atomic E-state index is -2.96. The third kappa shape index (κ3) is 6.45. The fraction of sp³-hybridized carbons (Fsp3) is 0.387. The molecule has 2 aliphatic heterocycles. The van der Waals surface area contributed by atoms with E-state index in [4.69, 9.17) is 14.6 Å². The highest BCUT2D eigenvalue weighted by Crippen LogP contribution is 2.38. The van der Waals surface area contributed by atoms with Crippen molar-refractivity contribution in [2.45, 2.75) is 39.3 Å². The second-order valence-corrected chi connectivity index (χ2v) is 13.0. The molecule has 3 unspecified atom stereocenters. The van der Waals surface area contributed by atoms with Gasteiger partial charge in [-0.3, -0.25) is 4.79 Å². The molecule has 0 aromatic heterocycles. The topological polar surface area (TPSA) is 102 Å². The molecule has 0 spiro atoms. The quantitative estimate of drug-likeness (QED) is 0.341. The van der Waals surface area contributed by atoms with E-state index in [9.17, 15) is 13.2 Å². The normalized spacial score (nSPS) is 21.7. The van der Waals surface area contributed by atoms with Gasteiger partial charge in [-0.2, -0.15) is 0 Å². The fourth-order valence-corrected chi connectivity index (χ4v) is 7.41. The lowest BCUT2D eigenvalue weighted by Gasteiger charge is -2.36. The molecule has 0 saturated carbocycles. The molecule has 3 aromatic carbocycles. The molecule has 5 rings (SSSR count). The Morgan fingerprint density at radius 1 is 1.08 bits per heavy atom. The number of hydrogen-bond acceptors (Lipinski definition) is 6. The van der Waals surface area contributed by atoms with Gasteiger partial charge in [0.1, 0.15) is 5.75 Å². The van der Waals surface area contributed by atoms with Crippen LogP contribution in [-0.2, 0) is 25.9 Å². The summed E-state index contributed by atoms with van der Waals surface area (Å²) in [5.41, 5.74) is 7.61. The van der Waals surface area contributed by atoms with E-state index in [0.29, 0.717) is 26.2 Å². The number of sulfone groups is 1. The van der Waals surface area contributed by atoms with Gasteiger partial charge in [0.2, 0.25) is 0 Å². The summed E-state index contributed by atoms with van der Waals surface area (Å²) < 4.78 is 35.6. The molecule has 2 fully saturated rings. The molecule has 0 aliphatic carbocycles. The number of rotatable bonds is 10. The Kier molecular flexibility index (Phi) is 7.96. The van der Waals surface area contributed by atoms with Crippen LogP contribution in [0.25, 0.3) is 11.1 Å². The van der Waals surface area contributed by atoms with Crippen molar-refractivity contribution in [1.29, 1.82) is 0 Å². The molecule has 206 valence electrons. The lowest BCUT2D eigenvalue weighted by molar-refractivity contribution is -0.153. The number of hydrogen-bond donors (Lipinski definition) is 2. The first-order valence-corrected chi connectivity index (χ1v) is 15.2. The third-order valence-corrected chi connectivity index (χ3v) is 9.55. The number of carbonyl (C=O) groups is 1. The number of benzene rings is 3. The number of carboxylic acids is 1. The highest BCUT2D eigenvalue weighted by atomic mass is 32.2. The molecule has 7 nitrogen and oxygen atoms in total. The molecule has 3 atom stereocenters. The molecular formula is C31H35NO6S. The van der Waals surface area contributed by atoms with Crippen molar-refractivity contribution in [2.24, 2.45) is 11.8 Å². The van der Waals surface area contributed by atoms with E-state index in [2.05, 4.69) is 49.5 Å². The molecule has 39 heavy (non-hydrogen) atoms. The van der Waals surface area contributed by atoms with Crippen LogP contribution in [0.15, 0.2) is 60.7 Å². The van der Waals surface area contributed by atoms with E-state index in [1.54, 1.807) is 0 Å². The van der Waals surface area contributed by atoms with Gasteiger partial charge >= 0.3 is 5.97 Å². The van der Waals surface area contributed by atoms with Crippen LogP contribution in [0.3, 0.4) is 0 Å². The van der Waals surface area contributed by atoms with Gasteiger partial charge in [0.25, 0.3) is 0 Å². The number of aliphatic carboxylic acids is 1. The molecule has 2 aliphatic rings. The smallest absolute Gasteiger partial charge is 0.303 e. The van der Waals surface area contributed by atoms with Gasteiger partial charge in [0, 0.05) is 29.6 Å².